The van der Waals surface area contributed by atoms with Crippen LogP contribution in [-0.2, 0) is 13.0 Å². The molecule has 6 heteroatoms. The largest absolute Gasteiger partial charge is 0.383 e. The molecular weight excluding hydrogens is 246 g/mol. The highest BCUT2D eigenvalue weighted by molar-refractivity contribution is 7.09. The zero-order chi connectivity index (χ0) is 13.1. The molecule has 0 aliphatic heterocycles. The van der Waals surface area contributed by atoms with E-state index < -0.39 is 0 Å². The summed E-state index contributed by atoms with van der Waals surface area (Å²) in [5.41, 5.74) is 9.83. The van der Waals surface area contributed by atoms with E-state index in [1.807, 2.05) is 19.5 Å². The van der Waals surface area contributed by atoms with Gasteiger partial charge < -0.3 is 10.6 Å². The number of nitrogens with two attached hydrogens (primary N) is 1. The fourth-order valence-electron chi connectivity index (χ4n) is 1.85. The molecule has 2 aromatic rings. The Morgan fingerprint density at radius 2 is 2.11 bits per heavy atom. The molecule has 2 rings (SSSR count). The van der Waals surface area contributed by atoms with E-state index in [2.05, 4.69) is 26.8 Å². The number of aromatic nitrogens is 3. The SMILES string of the molecule is CCc1c(N)ncnc1N(C)Cc1scnc1C. The molecule has 2 N–H and O–H groups in total. The Kier molecular flexibility index (Phi) is 3.76. The Balaban J connectivity index is 2.26. The molecule has 2 heterocycles. The summed E-state index contributed by atoms with van der Waals surface area (Å²) >= 11 is 1.66. The van der Waals surface area contributed by atoms with Crippen LogP contribution in [0.5, 0.6) is 0 Å². The minimum atomic E-state index is 0.565. The fourth-order valence-corrected chi connectivity index (χ4v) is 2.68. The van der Waals surface area contributed by atoms with Crippen LogP contribution >= 0.6 is 11.3 Å². The van der Waals surface area contributed by atoms with E-state index in [4.69, 9.17) is 5.73 Å². The second kappa shape index (κ2) is 5.30. The van der Waals surface area contributed by atoms with Gasteiger partial charge in [0.15, 0.2) is 0 Å². The molecular formula is C12H17N5S. The molecule has 18 heavy (non-hydrogen) atoms. The van der Waals surface area contributed by atoms with E-state index in [0.29, 0.717) is 5.82 Å². The van der Waals surface area contributed by atoms with Gasteiger partial charge in [0, 0.05) is 17.5 Å². The molecule has 5 nitrogen and oxygen atoms in total. The van der Waals surface area contributed by atoms with Gasteiger partial charge in [-0.2, -0.15) is 0 Å². The van der Waals surface area contributed by atoms with Crippen LogP contribution in [0, 0.1) is 6.92 Å². The van der Waals surface area contributed by atoms with Gasteiger partial charge in [-0.15, -0.1) is 11.3 Å². The Morgan fingerprint density at radius 3 is 2.72 bits per heavy atom. The van der Waals surface area contributed by atoms with E-state index in [9.17, 15) is 0 Å². The zero-order valence-corrected chi connectivity index (χ0v) is 11.7. The molecule has 0 bridgehead atoms. The summed E-state index contributed by atoms with van der Waals surface area (Å²) in [6.45, 7) is 4.87. The molecule has 0 amide bonds. The second-order valence-corrected chi connectivity index (χ2v) is 5.07. The van der Waals surface area contributed by atoms with Crippen molar-refractivity contribution in [3.05, 3.63) is 28.0 Å². The summed E-state index contributed by atoms with van der Waals surface area (Å²) in [7, 11) is 2.01. The minimum absolute atomic E-state index is 0.565. The standard InChI is InChI=1S/C12H17N5S/c1-4-9-11(13)14-6-15-12(9)17(3)5-10-8(2)16-7-18-10/h6-7H,4-5H2,1-3H3,(H2,13,14,15). The Bertz CT molecular complexity index is 537. The third-order valence-electron chi connectivity index (χ3n) is 2.90. The van der Waals surface area contributed by atoms with Gasteiger partial charge in [-0.05, 0) is 13.3 Å². The minimum Gasteiger partial charge on any atom is -0.383 e. The molecule has 0 saturated heterocycles. The molecule has 0 atom stereocenters. The summed E-state index contributed by atoms with van der Waals surface area (Å²) < 4.78 is 0. The summed E-state index contributed by atoms with van der Waals surface area (Å²) in [6.07, 6.45) is 2.34. The molecule has 0 fully saturated rings. The van der Waals surface area contributed by atoms with Gasteiger partial charge >= 0.3 is 0 Å². The highest BCUT2D eigenvalue weighted by Gasteiger charge is 2.13. The van der Waals surface area contributed by atoms with Crippen molar-refractivity contribution in [1.29, 1.82) is 0 Å². The number of anilines is 2. The Morgan fingerprint density at radius 1 is 1.33 bits per heavy atom. The third kappa shape index (κ3) is 2.43. The molecule has 2 aromatic heterocycles. The van der Waals surface area contributed by atoms with Crippen LogP contribution < -0.4 is 10.6 Å². The molecule has 0 saturated carbocycles. The van der Waals surface area contributed by atoms with Crippen molar-refractivity contribution in [2.24, 2.45) is 0 Å². The summed E-state index contributed by atoms with van der Waals surface area (Å²) in [6, 6.07) is 0. The number of aryl methyl sites for hydroxylation is 1. The number of nitrogens with zero attached hydrogens (tertiary/aromatic N) is 4. The summed E-state index contributed by atoms with van der Waals surface area (Å²) in [5, 5.41) is 0. The molecule has 0 unspecified atom stereocenters. The lowest BCUT2D eigenvalue weighted by atomic mass is 10.2. The molecule has 0 aliphatic rings. The van der Waals surface area contributed by atoms with E-state index in [-0.39, 0.29) is 0 Å². The zero-order valence-electron chi connectivity index (χ0n) is 10.8. The third-order valence-corrected chi connectivity index (χ3v) is 3.82. The van der Waals surface area contributed by atoms with Crippen LogP contribution in [0.3, 0.4) is 0 Å². The number of thiazole rings is 1. The Labute approximate surface area is 111 Å². The molecule has 0 aromatic carbocycles. The first-order valence-corrected chi connectivity index (χ1v) is 6.70. The number of rotatable bonds is 4. The molecule has 0 spiro atoms. The predicted octanol–water partition coefficient (Wildman–Crippen LogP) is 2.02. The van der Waals surface area contributed by atoms with Crippen LogP contribution in [0.1, 0.15) is 23.1 Å². The summed E-state index contributed by atoms with van der Waals surface area (Å²) in [4.78, 5) is 16.0. The first kappa shape index (κ1) is 12.8. The van der Waals surface area contributed by atoms with Gasteiger partial charge in [-0.1, -0.05) is 6.92 Å². The van der Waals surface area contributed by atoms with Gasteiger partial charge in [0.05, 0.1) is 17.7 Å². The normalized spacial score (nSPS) is 10.6. The quantitative estimate of drug-likeness (QED) is 0.914. The van der Waals surface area contributed by atoms with Crippen molar-refractivity contribution in [1.82, 2.24) is 15.0 Å². The average molecular weight is 263 g/mol. The van der Waals surface area contributed by atoms with Gasteiger partial charge in [0.2, 0.25) is 0 Å². The molecule has 0 aliphatic carbocycles. The van der Waals surface area contributed by atoms with Crippen molar-refractivity contribution >= 4 is 23.0 Å². The highest BCUT2D eigenvalue weighted by atomic mass is 32.1. The maximum absolute atomic E-state index is 5.89. The maximum Gasteiger partial charge on any atom is 0.137 e. The lowest BCUT2D eigenvalue weighted by molar-refractivity contribution is 0.876. The van der Waals surface area contributed by atoms with Gasteiger partial charge in [-0.25, -0.2) is 15.0 Å². The highest BCUT2D eigenvalue weighted by Crippen LogP contribution is 2.24. The second-order valence-electron chi connectivity index (χ2n) is 4.13. The number of hydrogen-bond donors (Lipinski definition) is 1. The maximum atomic E-state index is 5.89. The van der Waals surface area contributed by atoms with Crippen LogP contribution in [0.4, 0.5) is 11.6 Å². The van der Waals surface area contributed by atoms with Crippen molar-refractivity contribution in [2.45, 2.75) is 26.8 Å². The Hall–Kier alpha value is -1.69. The monoisotopic (exact) mass is 263 g/mol. The topological polar surface area (TPSA) is 67.9 Å². The van der Waals surface area contributed by atoms with Crippen molar-refractivity contribution in [2.75, 3.05) is 17.7 Å². The van der Waals surface area contributed by atoms with E-state index in [0.717, 1.165) is 30.0 Å². The van der Waals surface area contributed by atoms with E-state index in [1.54, 1.807) is 11.3 Å². The predicted molar refractivity (Wildman–Crippen MR) is 74.8 cm³/mol. The van der Waals surface area contributed by atoms with Gasteiger partial charge in [0.1, 0.15) is 18.0 Å². The molecule has 0 radical (unpaired) electrons. The van der Waals surface area contributed by atoms with E-state index >= 15 is 0 Å². The smallest absolute Gasteiger partial charge is 0.137 e. The van der Waals surface area contributed by atoms with Crippen LogP contribution in [0.25, 0.3) is 0 Å². The average Bonchev–Trinajstić information content (AvgIpc) is 2.74. The van der Waals surface area contributed by atoms with E-state index in [1.165, 1.54) is 11.2 Å². The number of hydrogen-bond acceptors (Lipinski definition) is 6. The lowest BCUT2D eigenvalue weighted by Crippen LogP contribution is -2.20. The van der Waals surface area contributed by atoms with Crippen molar-refractivity contribution < 1.29 is 0 Å². The number of nitrogen functional groups attached to an aromatic ring is 1. The first-order chi connectivity index (χ1) is 8.63. The van der Waals surface area contributed by atoms with Crippen LogP contribution in [-0.4, -0.2) is 22.0 Å². The fraction of sp³-hybridized carbons (Fsp3) is 0.417. The first-order valence-electron chi connectivity index (χ1n) is 5.83. The van der Waals surface area contributed by atoms with Crippen molar-refractivity contribution in [3.63, 3.8) is 0 Å². The van der Waals surface area contributed by atoms with Gasteiger partial charge in [0.25, 0.3) is 0 Å². The lowest BCUT2D eigenvalue weighted by Gasteiger charge is -2.20. The van der Waals surface area contributed by atoms with Crippen LogP contribution in [0.2, 0.25) is 0 Å². The van der Waals surface area contributed by atoms with Crippen LogP contribution in [0.15, 0.2) is 11.8 Å². The molecule has 96 valence electrons. The van der Waals surface area contributed by atoms with Crippen molar-refractivity contribution in [3.8, 4) is 0 Å². The summed E-state index contributed by atoms with van der Waals surface area (Å²) in [5.74, 6) is 1.47. The van der Waals surface area contributed by atoms with Gasteiger partial charge in [-0.3, -0.25) is 0 Å².